The Hall–Kier alpha value is -1.56. The van der Waals surface area contributed by atoms with Gasteiger partial charge in [0.1, 0.15) is 5.38 Å². The van der Waals surface area contributed by atoms with Crippen molar-refractivity contribution in [2.45, 2.75) is 24.4 Å². The van der Waals surface area contributed by atoms with Gasteiger partial charge in [0.15, 0.2) is 0 Å². The van der Waals surface area contributed by atoms with Crippen LogP contribution in [0.1, 0.15) is 22.6 Å². The van der Waals surface area contributed by atoms with E-state index in [1.807, 2.05) is 5.32 Å². The molecule has 1 aliphatic rings. The van der Waals surface area contributed by atoms with Crippen molar-refractivity contribution in [3.63, 3.8) is 0 Å². The van der Waals surface area contributed by atoms with E-state index in [2.05, 4.69) is 0 Å². The minimum atomic E-state index is -4.51. The van der Waals surface area contributed by atoms with Crippen molar-refractivity contribution in [1.82, 2.24) is 5.32 Å². The van der Waals surface area contributed by atoms with Gasteiger partial charge in [0, 0.05) is 0 Å². The van der Waals surface area contributed by atoms with E-state index < -0.39 is 34.8 Å². The van der Waals surface area contributed by atoms with Gasteiger partial charge in [0.2, 0.25) is 11.8 Å². The number of hydrogen-bond acceptors (Lipinski definition) is 2. The van der Waals surface area contributed by atoms with Gasteiger partial charge in [0.25, 0.3) is 0 Å². The zero-order valence-electron chi connectivity index (χ0n) is 9.72. The Morgan fingerprint density at radius 2 is 1.84 bits per heavy atom. The van der Waals surface area contributed by atoms with Gasteiger partial charge in [-0.05, 0) is 30.2 Å². The molecule has 1 heterocycles. The smallest absolute Gasteiger partial charge is 0.295 e. The molecule has 0 bridgehead atoms. The molecule has 2 amide bonds. The second-order valence-corrected chi connectivity index (χ2v) is 4.77. The first-order valence-electron chi connectivity index (χ1n) is 5.38. The average Bonchev–Trinajstić information content (AvgIpc) is 2.53. The fourth-order valence-corrected chi connectivity index (χ4v) is 2.31. The van der Waals surface area contributed by atoms with Gasteiger partial charge in [-0.2, -0.15) is 13.2 Å². The van der Waals surface area contributed by atoms with Crippen LogP contribution in [0.3, 0.4) is 0 Å². The zero-order valence-corrected chi connectivity index (χ0v) is 10.5. The van der Waals surface area contributed by atoms with E-state index >= 15 is 0 Å². The first-order chi connectivity index (χ1) is 8.71. The summed E-state index contributed by atoms with van der Waals surface area (Å²) in [6, 6.07) is 3.06. The van der Waals surface area contributed by atoms with Crippen LogP contribution in [-0.2, 0) is 15.8 Å². The van der Waals surface area contributed by atoms with Crippen LogP contribution in [0.25, 0.3) is 0 Å². The summed E-state index contributed by atoms with van der Waals surface area (Å²) in [7, 11) is 0. The molecule has 3 nitrogen and oxygen atoms in total. The predicted molar refractivity (Wildman–Crippen MR) is 61.7 cm³/mol. The fourth-order valence-electron chi connectivity index (χ4n) is 2.00. The molecule has 0 spiro atoms. The Kier molecular flexibility index (Phi) is 3.30. The van der Waals surface area contributed by atoms with E-state index in [4.69, 9.17) is 11.6 Å². The second kappa shape index (κ2) is 4.52. The third-order valence-corrected chi connectivity index (χ3v) is 3.46. The van der Waals surface area contributed by atoms with Crippen LogP contribution in [-0.4, -0.2) is 17.2 Å². The van der Waals surface area contributed by atoms with Crippen LogP contribution in [0.4, 0.5) is 13.2 Å². The minimum absolute atomic E-state index is 0.123. The Labute approximate surface area is 111 Å². The van der Waals surface area contributed by atoms with Gasteiger partial charge in [-0.1, -0.05) is 6.07 Å². The Balaban J connectivity index is 2.50. The highest BCUT2D eigenvalue weighted by Gasteiger charge is 2.43. The molecule has 0 aromatic heterocycles. The van der Waals surface area contributed by atoms with E-state index in [1.54, 1.807) is 6.92 Å². The molecule has 2 unspecified atom stereocenters. The van der Waals surface area contributed by atoms with Crippen LogP contribution in [0, 0.1) is 6.92 Å². The Bertz CT molecular complexity index is 556. The van der Waals surface area contributed by atoms with Crippen LogP contribution < -0.4 is 5.32 Å². The summed E-state index contributed by atoms with van der Waals surface area (Å²) in [6.45, 7) is 1.56. The topological polar surface area (TPSA) is 46.2 Å². The van der Waals surface area contributed by atoms with Crippen LogP contribution >= 0.6 is 11.6 Å². The molecule has 2 rings (SSSR count). The third-order valence-electron chi connectivity index (χ3n) is 3.01. The van der Waals surface area contributed by atoms with Gasteiger partial charge in [-0.3, -0.25) is 14.9 Å². The quantitative estimate of drug-likeness (QED) is 0.638. The summed E-state index contributed by atoms with van der Waals surface area (Å²) < 4.78 is 38.0. The van der Waals surface area contributed by atoms with Crippen molar-refractivity contribution < 1.29 is 22.8 Å². The maximum atomic E-state index is 12.7. The predicted octanol–water partition coefficient (Wildman–Crippen LogP) is 2.36. The summed E-state index contributed by atoms with van der Waals surface area (Å²) >= 11 is 5.78. The number of carbonyl (C=O) groups excluding carboxylic acids is 2. The number of alkyl halides is 4. The molecular formula is C12H9ClF3NO2. The summed E-state index contributed by atoms with van der Waals surface area (Å²) in [6.07, 6.45) is -4.51. The largest absolute Gasteiger partial charge is 0.416 e. The van der Waals surface area contributed by atoms with Gasteiger partial charge < -0.3 is 0 Å². The highest BCUT2D eigenvalue weighted by Crippen LogP contribution is 2.36. The van der Waals surface area contributed by atoms with Gasteiger partial charge in [0.05, 0.1) is 11.5 Å². The van der Waals surface area contributed by atoms with Crippen LogP contribution in [0.15, 0.2) is 18.2 Å². The molecule has 2 atom stereocenters. The first kappa shape index (κ1) is 13.9. The molecule has 0 radical (unpaired) electrons. The molecule has 1 aromatic carbocycles. The maximum Gasteiger partial charge on any atom is 0.416 e. The van der Waals surface area contributed by atoms with Crippen molar-refractivity contribution in [3.8, 4) is 0 Å². The molecule has 19 heavy (non-hydrogen) atoms. The number of imide groups is 1. The van der Waals surface area contributed by atoms with Crippen molar-refractivity contribution in [2.75, 3.05) is 0 Å². The molecule has 7 heteroatoms. The first-order valence-corrected chi connectivity index (χ1v) is 5.82. The zero-order chi connectivity index (χ0) is 14.4. The lowest BCUT2D eigenvalue weighted by molar-refractivity contribution is -0.137. The highest BCUT2D eigenvalue weighted by molar-refractivity contribution is 6.37. The SMILES string of the molecule is Cc1ccc(C(F)(F)F)cc1C1C(=O)NC(=O)C1Cl. The molecule has 1 aromatic rings. The van der Waals surface area contributed by atoms with E-state index in [9.17, 15) is 22.8 Å². The lowest BCUT2D eigenvalue weighted by atomic mass is 9.91. The highest BCUT2D eigenvalue weighted by atomic mass is 35.5. The Morgan fingerprint density at radius 3 is 2.32 bits per heavy atom. The van der Waals surface area contributed by atoms with Gasteiger partial charge in [-0.25, -0.2) is 0 Å². The average molecular weight is 292 g/mol. The Morgan fingerprint density at radius 1 is 1.21 bits per heavy atom. The molecule has 0 saturated carbocycles. The van der Waals surface area contributed by atoms with Gasteiger partial charge >= 0.3 is 6.18 Å². The van der Waals surface area contributed by atoms with Crippen LogP contribution in [0.5, 0.6) is 0 Å². The summed E-state index contributed by atoms with van der Waals surface area (Å²) in [4.78, 5) is 22.9. The standard InChI is InChI=1S/C12H9ClF3NO2/c1-5-2-3-6(12(14,15)16)4-7(5)8-9(13)11(19)17-10(8)18/h2-4,8-9H,1H3,(H,17,18,19). The van der Waals surface area contributed by atoms with E-state index in [1.165, 1.54) is 6.07 Å². The normalized spacial score (nSPS) is 23.6. The van der Waals surface area contributed by atoms with Crippen molar-refractivity contribution in [2.24, 2.45) is 0 Å². The number of benzene rings is 1. The lowest BCUT2D eigenvalue weighted by Crippen LogP contribution is -2.22. The molecule has 1 saturated heterocycles. The van der Waals surface area contributed by atoms with Crippen LogP contribution in [0.2, 0.25) is 0 Å². The molecule has 1 fully saturated rings. The number of amides is 2. The number of aryl methyl sites for hydroxylation is 1. The van der Waals surface area contributed by atoms with Gasteiger partial charge in [-0.15, -0.1) is 11.6 Å². The summed E-state index contributed by atoms with van der Waals surface area (Å²) in [5.41, 5.74) is -0.268. The number of halogens is 4. The summed E-state index contributed by atoms with van der Waals surface area (Å²) in [5.74, 6) is -2.45. The maximum absolute atomic E-state index is 12.7. The fraction of sp³-hybridized carbons (Fsp3) is 0.333. The molecule has 102 valence electrons. The third kappa shape index (κ3) is 2.45. The number of carbonyl (C=O) groups is 2. The number of hydrogen-bond donors (Lipinski definition) is 1. The second-order valence-electron chi connectivity index (χ2n) is 4.30. The number of nitrogens with one attached hydrogen (secondary N) is 1. The summed E-state index contributed by atoms with van der Waals surface area (Å²) in [5, 5.41) is 0.824. The number of rotatable bonds is 1. The molecular weight excluding hydrogens is 283 g/mol. The van der Waals surface area contributed by atoms with E-state index in [0.29, 0.717) is 5.56 Å². The van der Waals surface area contributed by atoms with Crippen molar-refractivity contribution in [1.29, 1.82) is 0 Å². The monoisotopic (exact) mass is 291 g/mol. The minimum Gasteiger partial charge on any atom is -0.295 e. The van der Waals surface area contributed by atoms with E-state index in [0.717, 1.165) is 12.1 Å². The lowest BCUT2D eigenvalue weighted by Gasteiger charge is -2.16. The molecule has 0 aliphatic carbocycles. The van der Waals surface area contributed by atoms with E-state index in [-0.39, 0.29) is 5.56 Å². The molecule has 1 N–H and O–H groups in total. The van der Waals surface area contributed by atoms with Crippen molar-refractivity contribution >= 4 is 23.4 Å². The molecule has 1 aliphatic heterocycles. The van der Waals surface area contributed by atoms with Crippen molar-refractivity contribution in [3.05, 3.63) is 34.9 Å².